The quantitative estimate of drug-likeness (QED) is 0.357. The zero-order valence-electron chi connectivity index (χ0n) is 10.1. The Morgan fingerprint density at radius 3 is 2.60 bits per heavy atom. The van der Waals surface area contributed by atoms with Crippen molar-refractivity contribution in [2.24, 2.45) is 11.8 Å². The summed E-state index contributed by atoms with van der Waals surface area (Å²) in [6, 6.07) is -0.311. The number of methoxy groups -OCH3 is 1. The number of hydrogen-bond donors (Lipinski definition) is 2. The molecule has 5 nitrogen and oxygen atoms in total. The normalized spacial score (nSPS) is 15.1. The van der Waals surface area contributed by atoms with Crippen LogP contribution in [-0.2, 0) is 9.53 Å². The SMILES string of the molecule is CCC(C)CN(C)C(COC)C(=O)NN. The van der Waals surface area contributed by atoms with Crippen molar-refractivity contribution in [3.63, 3.8) is 0 Å². The molecule has 5 heteroatoms. The minimum Gasteiger partial charge on any atom is -0.383 e. The molecule has 1 amide bonds. The third-order valence-electron chi connectivity index (χ3n) is 2.60. The van der Waals surface area contributed by atoms with E-state index in [2.05, 4.69) is 19.3 Å². The van der Waals surface area contributed by atoms with Crippen LogP contribution in [0, 0.1) is 5.92 Å². The van der Waals surface area contributed by atoms with E-state index in [4.69, 9.17) is 10.6 Å². The van der Waals surface area contributed by atoms with Gasteiger partial charge in [-0.2, -0.15) is 0 Å². The number of hydrazine groups is 1. The molecule has 0 aliphatic rings. The van der Waals surface area contributed by atoms with Crippen molar-refractivity contribution in [1.29, 1.82) is 0 Å². The molecule has 0 bridgehead atoms. The van der Waals surface area contributed by atoms with E-state index in [1.54, 1.807) is 7.11 Å². The number of nitrogens with two attached hydrogens (primary N) is 1. The van der Waals surface area contributed by atoms with Gasteiger partial charge in [-0.1, -0.05) is 20.3 Å². The van der Waals surface area contributed by atoms with E-state index >= 15 is 0 Å². The van der Waals surface area contributed by atoms with Crippen LogP contribution < -0.4 is 11.3 Å². The smallest absolute Gasteiger partial charge is 0.253 e. The maximum absolute atomic E-state index is 11.5. The van der Waals surface area contributed by atoms with Crippen LogP contribution in [0.25, 0.3) is 0 Å². The van der Waals surface area contributed by atoms with Crippen molar-refractivity contribution in [3.8, 4) is 0 Å². The zero-order chi connectivity index (χ0) is 11.8. The Kier molecular flexibility index (Phi) is 7.29. The molecule has 0 aliphatic carbocycles. The molecular weight excluding hydrogens is 194 g/mol. The van der Waals surface area contributed by atoms with Crippen LogP contribution in [0.4, 0.5) is 0 Å². The lowest BCUT2D eigenvalue weighted by Gasteiger charge is -2.27. The van der Waals surface area contributed by atoms with Crippen LogP contribution in [-0.4, -0.2) is 44.2 Å². The summed E-state index contributed by atoms with van der Waals surface area (Å²) in [5.74, 6) is 5.47. The highest BCUT2D eigenvalue weighted by atomic mass is 16.5. The number of ether oxygens (including phenoxy) is 1. The highest BCUT2D eigenvalue weighted by molar-refractivity contribution is 5.81. The van der Waals surface area contributed by atoms with E-state index in [0.29, 0.717) is 12.5 Å². The van der Waals surface area contributed by atoms with E-state index in [1.165, 1.54) is 0 Å². The molecule has 0 rings (SSSR count). The first kappa shape index (κ1) is 14.3. The number of nitrogens with one attached hydrogen (secondary N) is 1. The maximum atomic E-state index is 11.5. The number of rotatable bonds is 7. The molecule has 0 saturated heterocycles. The fraction of sp³-hybridized carbons (Fsp3) is 0.900. The molecule has 0 saturated carbocycles. The van der Waals surface area contributed by atoms with Crippen LogP contribution in [0.2, 0.25) is 0 Å². The first-order valence-corrected chi connectivity index (χ1v) is 5.26. The molecule has 0 aliphatic heterocycles. The molecule has 0 aromatic carbocycles. The summed E-state index contributed by atoms with van der Waals surface area (Å²) in [6.45, 7) is 5.50. The maximum Gasteiger partial charge on any atom is 0.253 e. The Morgan fingerprint density at radius 2 is 2.20 bits per heavy atom. The van der Waals surface area contributed by atoms with Crippen molar-refractivity contribution < 1.29 is 9.53 Å². The molecule has 0 fully saturated rings. The highest BCUT2D eigenvalue weighted by Crippen LogP contribution is 2.06. The largest absolute Gasteiger partial charge is 0.383 e. The number of nitrogens with zero attached hydrogens (tertiary/aromatic N) is 1. The summed E-state index contributed by atoms with van der Waals surface area (Å²) in [6.07, 6.45) is 1.09. The third kappa shape index (κ3) is 5.11. The molecular formula is C10H23N3O2. The van der Waals surface area contributed by atoms with E-state index < -0.39 is 0 Å². The van der Waals surface area contributed by atoms with Gasteiger partial charge >= 0.3 is 0 Å². The lowest BCUT2D eigenvalue weighted by Crippen LogP contribution is -2.50. The Hall–Kier alpha value is -0.650. The lowest BCUT2D eigenvalue weighted by molar-refractivity contribution is -0.128. The summed E-state index contributed by atoms with van der Waals surface area (Å²) in [5.41, 5.74) is 2.16. The molecule has 90 valence electrons. The number of likely N-dealkylation sites (N-methyl/N-ethyl adjacent to an activating group) is 1. The van der Waals surface area contributed by atoms with E-state index in [9.17, 15) is 4.79 Å². The molecule has 0 aromatic heterocycles. The first-order valence-electron chi connectivity index (χ1n) is 5.26. The van der Waals surface area contributed by atoms with Crippen molar-refractivity contribution >= 4 is 5.91 Å². The van der Waals surface area contributed by atoms with E-state index in [1.807, 2.05) is 11.9 Å². The van der Waals surface area contributed by atoms with E-state index in [-0.39, 0.29) is 11.9 Å². The predicted octanol–water partition coefficient (Wildman–Crippen LogP) is -0.0308. The number of carbonyl (C=O) groups is 1. The number of amides is 1. The molecule has 0 aromatic rings. The van der Waals surface area contributed by atoms with Gasteiger partial charge in [0.15, 0.2) is 0 Å². The van der Waals surface area contributed by atoms with Crippen LogP contribution >= 0.6 is 0 Å². The predicted molar refractivity (Wildman–Crippen MR) is 60.1 cm³/mol. The van der Waals surface area contributed by atoms with Gasteiger partial charge < -0.3 is 4.74 Å². The zero-order valence-corrected chi connectivity index (χ0v) is 10.1. The van der Waals surface area contributed by atoms with Crippen molar-refractivity contribution in [2.75, 3.05) is 27.3 Å². The standard InChI is InChI=1S/C10H23N3O2/c1-5-8(2)6-13(3)9(7-15-4)10(14)12-11/h8-9H,5-7,11H2,1-4H3,(H,12,14). The monoisotopic (exact) mass is 217 g/mol. The Morgan fingerprint density at radius 1 is 1.60 bits per heavy atom. The van der Waals surface area contributed by atoms with Crippen molar-refractivity contribution in [2.45, 2.75) is 26.3 Å². The van der Waals surface area contributed by atoms with Crippen LogP contribution in [0.3, 0.4) is 0 Å². The summed E-state index contributed by atoms with van der Waals surface area (Å²) in [4.78, 5) is 13.4. The molecule has 2 atom stereocenters. The average molecular weight is 217 g/mol. The van der Waals surface area contributed by atoms with Gasteiger partial charge in [-0.25, -0.2) is 5.84 Å². The second-order valence-corrected chi connectivity index (χ2v) is 3.93. The second kappa shape index (κ2) is 7.62. The number of carbonyl (C=O) groups excluding carboxylic acids is 1. The van der Waals surface area contributed by atoms with Crippen LogP contribution in [0.1, 0.15) is 20.3 Å². The second-order valence-electron chi connectivity index (χ2n) is 3.93. The summed E-state index contributed by atoms with van der Waals surface area (Å²) in [5, 5.41) is 0. The van der Waals surface area contributed by atoms with Crippen LogP contribution in [0.15, 0.2) is 0 Å². The summed E-state index contributed by atoms with van der Waals surface area (Å²) < 4.78 is 5.01. The van der Waals surface area contributed by atoms with Gasteiger partial charge in [0.05, 0.1) is 6.61 Å². The Balaban J connectivity index is 4.27. The minimum absolute atomic E-state index is 0.206. The summed E-state index contributed by atoms with van der Waals surface area (Å²) >= 11 is 0. The molecule has 0 spiro atoms. The van der Waals surface area contributed by atoms with Gasteiger partial charge in [-0.05, 0) is 13.0 Å². The van der Waals surface area contributed by atoms with Crippen LogP contribution in [0.5, 0.6) is 0 Å². The van der Waals surface area contributed by atoms with Gasteiger partial charge in [-0.3, -0.25) is 15.1 Å². The Labute approximate surface area is 91.9 Å². The van der Waals surface area contributed by atoms with Gasteiger partial charge in [-0.15, -0.1) is 0 Å². The fourth-order valence-corrected chi connectivity index (χ4v) is 1.41. The minimum atomic E-state index is -0.311. The average Bonchev–Trinajstić information content (AvgIpc) is 2.24. The first-order chi connectivity index (χ1) is 7.06. The fourth-order valence-electron chi connectivity index (χ4n) is 1.41. The van der Waals surface area contributed by atoms with E-state index in [0.717, 1.165) is 13.0 Å². The van der Waals surface area contributed by atoms with Gasteiger partial charge in [0, 0.05) is 13.7 Å². The molecule has 0 heterocycles. The van der Waals surface area contributed by atoms with Crippen molar-refractivity contribution in [1.82, 2.24) is 10.3 Å². The molecule has 15 heavy (non-hydrogen) atoms. The molecule has 2 unspecified atom stereocenters. The molecule has 0 radical (unpaired) electrons. The Bertz CT molecular complexity index is 188. The third-order valence-corrected chi connectivity index (χ3v) is 2.60. The van der Waals surface area contributed by atoms with Gasteiger partial charge in [0.1, 0.15) is 6.04 Å². The van der Waals surface area contributed by atoms with Gasteiger partial charge in [0.2, 0.25) is 0 Å². The van der Waals surface area contributed by atoms with Gasteiger partial charge in [0.25, 0.3) is 5.91 Å². The topological polar surface area (TPSA) is 67.6 Å². The lowest BCUT2D eigenvalue weighted by atomic mass is 10.1. The summed E-state index contributed by atoms with van der Waals surface area (Å²) in [7, 11) is 3.49. The number of hydrogen-bond acceptors (Lipinski definition) is 4. The van der Waals surface area contributed by atoms with Crippen molar-refractivity contribution in [3.05, 3.63) is 0 Å². The molecule has 3 N–H and O–H groups in total. The highest BCUT2D eigenvalue weighted by Gasteiger charge is 2.23.